The number of methoxy groups -OCH3 is 1. The van der Waals surface area contributed by atoms with E-state index < -0.39 is 0 Å². The minimum absolute atomic E-state index is 0.228. The summed E-state index contributed by atoms with van der Waals surface area (Å²) in [4.78, 5) is 12.0. The van der Waals surface area contributed by atoms with E-state index in [2.05, 4.69) is 28.0 Å². The second-order valence-electron chi connectivity index (χ2n) is 4.66. The molecule has 1 heterocycles. The van der Waals surface area contributed by atoms with Gasteiger partial charge in [0.2, 0.25) is 0 Å². The van der Waals surface area contributed by atoms with Gasteiger partial charge >= 0.3 is 0 Å². The standard InChI is InChI=1S/C13H21BrN2O2/c1-5-11-13(14)12(16(3)15-11)7-10(17)6-9(2)8-18-4/h9H,5-8H2,1-4H3. The molecule has 0 aliphatic heterocycles. The molecular formula is C13H21BrN2O2. The highest BCUT2D eigenvalue weighted by atomic mass is 79.9. The smallest absolute Gasteiger partial charge is 0.139 e. The van der Waals surface area contributed by atoms with Crippen molar-refractivity contribution >= 4 is 21.7 Å². The number of carbonyl (C=O) groups excluding carboxylic acids is 1. The number of hydrogen-bond acceptors (Lipinski definition) is 3. The molecule has 0 spiro atoms. The van der Waals surface area contributed by atoms with Crippen LogP contribution in [0.5, 0.6) is 0 Å². The van der Waals surface area contributed by atoms with Crippen molar-refractivity contribution in [3.05, 3.63) is 15.9 Å². The second kappa shape index (κ2) is 7.04. The van der Waals surface area contributed by atoms with Gasteiger partial charge in [-0.3, -0.25) is 9.48 Å². The number of rotatable bonds is 7. The van der Waals surface area contributed by atoms with Crippen LogP contribution in [0.3, 0.4) is 0 Å². The summed E-state index contributed by atoms with van der Waals surface area (Å²) < 4.78 is 7.81. The van der Waals surface area contributed by atoms with Crippen LogP contribution < -0.4 is 0 Å². The van der Waals surface area contributed by atoms with Crippen molar-refractivity contribution in [2.75, 3.05) is 13.7 Å². The number of carbonyl (C=O) groups is 1. The molecule has 0 N–H and O–H groups in total. The first kappa shape index (κ1) is 15.4. The highest BCUT2D eigenvalue weighted by Gasteiger charge is 2.17. The number of nitrogens with zero attached hydrogens (tertiary/aromatic N) is 2. The van der Waals surface area contributed by atoms with Crippen LogP contribution in [0.4, 0.5) is 0 Å². The lowest BCUT2D eigenvalue weighted by molar-refractivity contribution is -0.119. The summed E-state index contributed by atoms with van der Waals surface area (Å²) in [7, 11) is 3.54. The summed E-state index contributed by atoms with van der Waals surface area (Å²) in [6, 6.07) is 0. The zero-order valence-corrected chi connectivity index (χ0v) is 13.1. The van der Waals surface area contributed by atoms with Gasteiger partial charge in [-0.25, -0.2) is 0 Å². The third-order valence-corrected chi connectivity index (χ3v) is 3.81. The van der Waals surface area contributed by atoms with Crippen molar-refractivity contribution in [2.45, 2.75) is 33.1 Å². The van der Waals surface area contributed by atoms with Gasteiger partial charge in [0.1, 0.15) is 5.78 Å². The third kappa shape index (κ3) is 3.92. The van der Waals surface area contributed by atoms with Crippen LogP contribution in [-0.4, -0.2) is 29.3 Å². The fraction of sp³-hybridized carbons (Fsp3) is 0.692. The zero-order chi connectivity index (χ0) is 13.7. The first-order chi connectivity index (χ1) is 8.49. The van der Waals surface area contributed by atoms with Crippen molar-refractivity contribution in [3.8, 4) is 0 Å². The summed E-state index contributed by atoms with van der Waals surface area (Å²) in [6.07, 6.45) is 1.84. The van der Waals surface area contributed by atoms with Crippen LogP contribution in [0.25, 0.3) is 0 Å². The molecule has 5 heteroatoms. The molecule has 18 heavy (non-hydrogen) atoms. The average molecular weight is 317 g/mol. The van der Waals surface area contributed by atoms with Gasteiger partial charge in [-0.1, -0.05) is 13.8 Å². The lowest BCUT2D eigenvalue weighted by atomic mass is 10.0. The van der Waals surface area contributed by atoms with E-state index in [0.717, 1.165) is 22.3 Å². The minimum atomic E-state index is 0.228. The molecule has 1 unspecified atom stereocenters. The van der Waals surface area contributed by atoms with E-state index in [9.17, 15) is 4.79 Å². The number of ether oxygens (including phenoxy) is 1. The van der Waals surface area contributed by atoms with Crippen molar-refractivity contribution in [2.24, 2.45) is 13.0 Å². The highest BCUT2D eigenvalue weighted by molar-refractivity contribution is 9.10. The quantitative estimate of drug-likeness (QED) is 0.776. The number of aromatic nitrogens is 2. The van der Waals surface area contributed by atoms with Crippen molar-refractivity contribution < 1.29 is 9.53 Å². The van der Waals surface area contributed by atoms with Gasteiger partial charge in [-0.2, -0.15) is 5.10 Å². The molecule has 0 aliphatic rings. The van der Waals surface area contributed by atoms with E-state index in [-0.39, 0.29) is 11.7 Å². The lowest BCUT2D eigenvalue weighted by Crippen LogP contribution is -2.14. The van der Waals surface area contributed by atoms with Crippen LogP contribution in [0, 0.1) is 5.92 Å². The van der Waals surface area contributed by atoms with Crippen molar-refractivity contribution in [3.63, 3.8) is 0 Å². The van der Waals surface area contributed by atoms with Gasteiger partial charge in [-0.05, 0) is 28.3 Å². The number of ketones is 1. The Morgan fingerprint density at radius 3 is 2.72 bits per heavy atom. The fourth-order valence-corrected chi connectivity index (χ4v) is 2.76. The first-order valence-corrected chi connectivity index (χ1v) is 6.99. The molecule has 0 radical (unpaired) electrons. The summed E-state index contributed by atoms with van der Waals surface area (Å²) in [6.45, 7) is 4.70. The largest absolute Gasteiger partial charge is 0.384 e. The summed E-state index contributed by atoms with van der Waals surface area (Å²) >= 11 is 3.53. The molecular weight excluding hydrogens is 296 g/mol. The molecule has 0 amide bonds. The molecule has 4 nitrogen and oxygen atoms in total. The Kier molecular flexibility index (Phi) is 6.02. The molecule has 0 saturated carbocycles. The molecule has 0 bridgehead atoms. The predicted molar refractivity (Wildman–Crippen MR) is 74.7 cm³/mol. The minimum Gasteiger partial charge on any atom is -0.384 e. The molecule has 0 aromatic carbocycles. The van der Waals surface area contributed by atoms with E-state index in [1.807, 2.05) is 14.0 Å². The Labute approximate surface area is 117 Å². The Balaban J connectivity index is 2.67. The number of Topliss-reactive ketones (excluding diaryl/α,β-unsaturated/α-hetero) is 1. The lowest BCUT2D eigenvalue weighted by Gasteiger charge is -2.09. The maximum atomic E-state index is 12.0. The normalized spacial score (nSPS) is 12.7. The molecule has 0 aliphatic carbocycles. The maximum absolute atomic E-state index is 12.0. The second-order valence-corrected chi connectivity index (χ2v) is 5.46. The first-order valence-electron chi connectivity index (χ1n) is 6.20. The molecule has 1 rings (SSSR count). The van der Waals surface area contributed by atoms with Gasteiger partial charge in [0.15, 0.2) is 0 Å². The topological polar surface area (TPSA) is 44.1 Å². The predicted octanol–water partition coefficient (Wildman–Crippen LogP) is 2.53. The van der Waals surface area contributed by atoms with Crippen LogP contribution >= 0.6 is 15.9 Å². The Hall–Kier alpha value is -0.680. The number of aryl methyl sites for hydroxylation is 2. The molecule has 1 aromatic heterocycles. The molecule has 0 saturated heterocycles. The van der Waals surface area contributed by atoms with E-state index in [4.69, 9.17) is 4.74 Å². The third-order valence-electron chi connectivity index (χ3n) is 2.89. The van der Waals surface area contributed by atoms with Crippen molar-refractivity contribution in [1.82, 2.24) is 9.78 Å². The van der Waals surface area contributed by atoms with Gasteiger partial charge in [0.05, 0.1) is 15.9 Å². The SMILES string of the molecule is CCc1nn(C)c(CC(=O)CC(C)COC)c1Br. The Morgan fingerprint density at radius 1 is 1.56 bits per heavy atom. The highest BCUT2D eigenvalue weighted by Crippen LogP contribution is 2.22. The Morgan fingerprint density at radius 2 is 2.22 bits per heavy atom. The Bertz CT molecular complexity index is 415. The van der Waals surface area contributed by atoms with Gasteiger partial charge < -0.3 is 4.74 Å². The van der Waals surface area contributed by atoms with Crippen LogP contribution in [0.15, 0.2) is 4.47 Å². The number of hydrogen-bond donors (Lipinski definition) is 0. The molecule has 102 valence electrons. The monoisotopic (exact) mass is 316 g/mol. The van der Waals surface area contributed by atoms with Crippen LogP contribution in [0.2, 0.25) is 0 Å². The number of halogens is 1. The summed E-state index contributed by atoms with van der Waals surface area (Å²) in [5, 5.41) is 4.39. The van der Waals surface area contributed by atoms with Crippen LogP contribution in [0.1, 0.15) is 31.7 Å². The molecule has 0 fully saturated rings. The molecule has 1 atom stereocenters. The summed E-state index contributed by atoms with van der Waals surface area (Å²) in [5.74, 6) is 0.492. The van der Waals surface area contributed by atoms with E-state index in [1.165, 1.54) is 0 Å². The zero-order valence-electron chi connectivity index (χ0n) is 11.5. The molecule has 1 aromatic rings. The summed E-state index contributed by atoms with van der Waals surface area (Å²) in [5.41, 5.74) is 1.96. The van der Waals surface area contributed by atoms with Gasteiger partial charge in [0.25, 0.3) is 0 Å². The van der Waals surface area contributed by atoms with Gasteiger partial charge in [0, 0.05) is 33.6 Å². The van der Waals surface area contributed by atoms with E-state index in [1.54, 1.807) is 11.8 Å². The fourth-order valence-electron chi connectivity index (χ4n) is 2.00. The van der Waals surface area contributed by atoms with Crippen molar-refractivity contribution in [1.29, 1.82) is 0 Å². The van der Waals surface area contributed by atoms with Crippen LogP contribution in [-0.2, 0) is 29.4 Å². The van der Waals surface area contributed by atoms with E-state index in [0.29, 0.717) is 19.4 Å². The maximum Gasteiger partial charge on any atom is 0.139 e. The average Bonchev–Trinajstić information content (AvgIpc) is 2.56. The van der Waals surface area contributed by atoms with Gasteiger partial charge in [-0.15, -0.1) is 0 Å². The van der Waals surface area contributed by atoms with E-state index >= 15 is 0 Å².